The van der Waals surface area contributed by atoms with Crippen LogP contribution in [0.2, 0.25) is 0 Å². The highest BCUT2D eigenvalue weighted by Gasteiger charge is 2.23. The first-order chi connectivity index (χ1) is 16.9. The quantitative estimate of drug-likeness (QED) is 0.473. The van der Waals surface area contributed by atoms with Crippen molar-refractivity contribution in [3.8, 4) is 0 Å². The lowest BCUT2D eigenvalue weighted by Crippen LogP contribution is -2.47. The summed E-state index contributed by atoms with van der Waals surface area (Å²) in [6, 6.07) is 11.0. The normalized spacial score (nSPS) is 13.9. The number of anilines is 3. The number of benzene rings is 2. The number of piperazine rings is 1. The molecule has 0 spiro atoms. The molecule has 0 aliphatic carbocycles. The van der Waals surface area contributed by atoms with E-state index in [0.29, 0.717) is 24.6 Å². The first kappa shape index (κ1) is 22.5. The summed E-state index contributed by atoms with van der Waals surface area (Å²) in [5.41, 5.74) is 1.90. The predicted octanol–water partition coefficient (Wildman–Crippen LogP) is 2.44. The van der Waals surface area contributed by atoms with Crippen molar-refractivity contribution in [3.63, 3.8) is 0 Å². The van der Waals surface area contributed by atoms with Crippen molar-refractivity contribution >= 4 is 28.7 Å². The molecule has 0 bridgehead atoms. The van der Waals surface area contributed by atoms with Gasteiger partial charge in [0, 0.05) is 50.3 Å². The Labute approximate surface area is 199 Å². The highest BCUT2D eigenvalue weighted by molar-refractivity contribution is 5.90. The van der Waals surface area contributed by atoms with Gasteiger partial charge < -0.3 is 15.1 Å². The Hall–Kier alpha value is -4.28. The summed E-state index contributed by atoms with van der Waals surface area (Å²) in [5, 5.41) is 6.60. The van der Waals surface area contributed by atoms with Gasteiger partial charge in [0.05, 0.1) is 5.69 Å². The molecule has 0 unspecified atom stereocenters. The number of carbonyl (C=O) groups excluding carboxylic acids is 1. The van der Waals surface area contributed by atoms with Crippen molar-refractivity contribution in [2.45, 2.75) is 13.5 Å². The Morgan fingerprint density at radius 3 is 2.57 bits per heavy atom. The van der Waals surface area contributed by atoms with E-state index in [0.717, 1.165) is 36.0 Å². The number of aryl methyl sites for hydroxylation is 1. The topological polar surface area (TPSA) is 87.8 Å². The number of nitrogens with one attached hydrogen (secondary N) is 1. The second kappa shape index (κ2) is 9.16. The van der Waals surface area contributed by atoms with E-state index in [1.54, 1.807) is 0 Å². The number of halogens is 2. The molecule has 180 valence electrons. The maximum atomic E-state index is 13.8. The van der Waals surface area contributed by atoms with E-state index in [2.05, 4.69) is 44.3 Å². The molecule has 2 aromatic carbocycles. The number of hydrogen-bond acceptors (Lipinski definition) is 6. The van der Waals surface area contributed by atoms with Crippen LogP contribution in [0.3, 0.4) is 0 Å². The maximum Gasteiger partial charge on any atom is 0.350 e. The minimum atomic E-state index is -0.779. The van der Waals surface area contributed by atoms with Crippen LogP contribution in [0.4, 0.5) is 26.0 Å². The van der Waals surface area contributed by atoms with Gasteiger partial charge in [-0.1, -0.05) is 18.2 Å². The third-order valence-corrected chi connectivity index (χ3v) is 6.01. The van der Waals surface area contributed by atoms with Gasteiger partial charge >= 0.3 is 5.69 Å². The lowest BCUT2D eigenvalue weighted by atomic mass is 10.1. The molecular weight excluding hydrogens is 456 g/mol. The SMILES string of the molecule is Cc1ccccc1N1CCN(c2nccn3c(=O)n(CC(=O)Nc4cc(F)ccc4F)nc23)CC1. The number of para-hydroxylation sites is 1. The van der Waals surface area contributed by atoms with Crippen LogP contribution < -0.4 is 20.8 Å². The molecule has 2 aromatic heterocycles. The third-order valence-electron chi connectivity index (χ3n) is 6.01. The molecule has 0 radical (unpaired) electrons. The molecular formula is C24H23F2N7O2. The standard InChI is InChI=1S/C24H23F2N7O2/c1-16-4-2-3-5-20(16)30-10-12-31(13-11-30)22-23-29-33(24(35)32(23)9-8-27-22)15-21(34)28-19-14-17(25)6-7-18(19)26/h2-9,14H,10-13,15H2,1H3,(H,28,34). The van der Waals surface area contributed by atoms with Gasteiger partial charge in [-0.2, -0.15) is 0 Å². The number of amides is 1. The molecule has 1 N–H and O–H groups in total. The molecule has 1 saturated heterocycles. The minimum absolute atomic E-state index is 0.305. The van der Waals surface area contributed by atoms with Crippen molar-refractivity contribution in [2.24, 2.45) is 0 Å². The first-order valence-electron chi connectivity index (χ1n) is 11.2. The maximum absolute atomic E-state index is 13.8. The number of rotatable bonds is 5. The molecule has 3 heterocycles. The summed E-state index contributed by atoms with van der Waals surface area (Å²) in [7, 11) is 0. The summed E-state index contributed by atoms with van der Waals surface area (Å²) in [4.78, 5) is 34.1. The van der Waals surface area contributed by atoms with Gasteiger partial charge in [-0.05, 0) is 30.7 Å². The van der Waals surface area contributed by atoms with E-state index in [1.807, 2.05) is 12.1 Å². The number of aromatic nitrogens is 4. The highest BCUT2D eigenvalue weighted by atomic mass is 19.1. The monoisotopic (exact) mass is 479 g/mol. The largest absolute Gasteiger partial charge is 0.368 e. The van der Waals surface area contributed by atoms with Crippen LogP contribution in [0.15, 0.2) is 59.7 Å². The number of fused-ring (bicyclic) bond motifs is 1. The Morgan fingerprint density at radius 2 is 1.80 bits per heavy atom. The van der Waals surface area contributed by atoms with E-state index in [9.17, 15) is 18.4 Å². The summed E-state index contributed by atoms with van der Waals surface area (Å²) >= 11 is 0. The molecule has 5 rings (SSSR count). The molecule has 4 aromatic rings. The van der Waals surface area contributed by atoms with Crippen LogP contribution >= 0.6 is 0 Å². The second-order valence-electron chi connectivity index (χ2n) is 8.32. The zero-order chi connectivity index (χ0) is 24.5. The molecule has 1 aliphatic heterocycles. The van der Waals surface area contributed by atoms with Gasteiger partial charge in [0.1, 0.15) is 18.2 Å². The average Bonchev–Trinajstić information content (AvgIpc) is 3.17. The molecule has 1 aliphatic rings. The highest BCUT2D eigenvalue weighted by Crippen LogP contribution is 2.23. The lowest BCUT2D eigenvalue weighted by Gasteiger charge is -2.37. The number of carbonyl (C=O) groups is 1. The minimum Gasteiger partial charge on any atom is -0.368 e. The summed E-state index contributed by atoms with van der Waals surface area (Å²) in [6.45, 7) is 4.54. The average molecular weight is 479 g/mol. The van der Waals surface area contributed by atoms with Crippen molar-refractivity contribution in [1.29, 1.82) is 0 Å². The van der Waals surface area contributed by atoms with Gasteiger partial charge in [0.2, 0.25) is 11.6 Å². The Balaban J connectivity index is 1.34. The van der Waals surface area contributed by atoms with Crippen LogP contribution in [-0.2, 0) is 11.3 Å². The van der Waals surface area contributed by atoms with E-state index in [1.165, 1.54) is 28.0 Å². The zero-order valence-corrected chi connectivity index (χ0v) is 19.0. The smallest absolute Gasteiger partial charge is 0.350 e. The van der Waals surface area contributed by atoms with Gasteiger partial charge in [0.15, 0.2) is 5.82 Å². The van der Waals surface area contributed by atoms with Crippen molar-refractivity contribution in [3.05, 3.63) is 82.5 Å². The molecule has 1 amide bonds. The third kappa shape index (κ3) is 4.44. The summed E-state index contributed by atoms with van der Waals surface area (Å²) in [6.07, 6.45) is 3.00. The van der Waals surface area contributed by atoms with Crippen LogP contribution in [0.1, 0.15) is 5.56 Å². The molecule has 0 saturated carbocycles. The van der Waals surface area contributed by atoms with E-state index in [-0.39, 0.29) is 5.69 Å². The molecule has 1 fully saturated rings. The molecule has 11 heteroatoms. The van der Waals surface area contributed by atoms with Crippen molar-refractivity contribution < 1.29 is 13.6 Å². The Kier molecular flexibility index (Phi) is 5.89. The fraction of sp³-hybridized carbons (Fsp3) is 0.250. The van der Waals surface area contributed by atoms with Crippen molar-refractivity contribution in [1.82, 2.24) is 19.2 Å². The molecule has 35 heavy (non-hydrogen) atoms. The lowest BCUT2D eigenvalue weighted by molar-refractivity contribution is -0.117. The van der Waals surface area contributed by atoms with Gasteiger partial charge in [-0.25, -0.2) is 27.6 Å². The number of hydrogen-bond donors (Lipinski definition) is 1. The Morgan fingerprint density at radius 1 is 1.06 bits per heavy atom. The summed E-state index contributed by atoms with van der Waals surface area (Å²) in [5.74, 6) is -1.63. The van der Waals surface area contributed by atoms with Crippen molar-refractivity contribution in [2.75, 3.05) is 41.3 Å². The van der Waals surface area contributed by atoms with E-state index >= 15 is 0 Å². The van der Waals surface area contributed by atoms with Crippen LogP contribution in [-0.4, -0.2) is 51.3 Å². The summed E-state index contributed by atoms with van der Waals surface area (Å²) < 4.78 is 29.5. The van der Waals surface area contributed by atoms with Gasteiger partial charge in [-0.3, -0.25) is 4.79 Å². The van der Waals surface area contributed by atoms with Crippen LogP contribution in [0.25, 0.3) is 5.65 Å². The van der Waals surface area contributed by atoms with E-state index in [4.69, 9.17) is 0 Å². The fourth-order valence-corrected chi connectivity index (χ4v) is 4.26. The second-order valence-corrected chi connectivity index (χ2v) is 8.32. The van der Waals surface area contributed by atoms with Gasteiger partial charge in [0.25, 0.3) is 0 Å². The van der Waals surface area contributed by atoms with E-state index < -0.39 is 29.8 Å². The molecule has 9 nitrogen and oxygen atoms in total. The van der Waals surface area contributed by atoms with Crippen LogP contribution in [0, 0.1) is 18.6 Å². The Bertz CT molecular complexity index is 1460. The number of nitrogens with zero attached hydrogens (tertiary/aromatic N) is 6. The fourth-order valence-electron chi connectivity index (χ4n) is 4.26. The predicted molar refractivity (Wildman–Crippen MR) is 128 cm³/mol. The molecule has 0 atom stereocenters. The van der Waals surface area contributed by atoms with Gasteiger partial charge in [-0.15, -0.1) is 5.10 Å². The zero-order valence-electron chi connectivity index (χ0n) is 19.0. The van der Waals surface area contributed by atoms with Crippen LogP contribution in [0.5, 0.6) is 0 Å². The first-order valence-corrected chi connectivity index (χ1v) is 11.2.